The van der Waals surface area contributed by atoms with Crippen molar-refractivity contribution in [3.05, 3.63) is 65.7 Å². The Morgan fingerprint density at radius 2 is 1.78 bits per heavy atom. The second-order valence-corrected chi connectivity index (χ2v) is 7.40. The van der Waals surface area contributed by atoms with Crippen molar-refractivity contribution < 1.29 is 14.3 Å². The van der Waals surface area contributed by atoms with E-state index in [-0.39, 0.29) is 30.6 Å². The molecule has 0 aromatic heterocycles. The molecule has 2 rings (SSSR count). The first-order chi connectivity index (χ1) is 15.1. The lowest BCUT2D eigenvalue weighted by molar-refractivity contribution is -0.119. The van der Waals surface area contributed by atoms with Gasteiger partial charge in [0.1, 0.15) is 5.75 Å². The van der Waals surface area contributed by atoms with E-state index in [4.69, 9.17) is 15.2 Å². The lowest BCUT2D eigenvalue weighted by Crippen LogP contribution is -2.38. The van der Waals surface area contributed by atoms with E-state index in [0.29, 0.717) is 31.4 Å². The van der Waals surface area contributed by atoms with Gasteiger partial charge in [0.2, 0.25) is 0 Å². The van der Waals surface area contributed by atoms with E-state index in [0.717, 1.165) is 31.0 Å². The van der Waals surface area contributed by atoms with Crippen LogP contribution in [0.1, 0.15) is 25.0 Å². The number of carbonyl (C=O) groups excluding carboxylic acids is 1. The standard InChI is InChI=1S/C24H34N4O3.HI/c1-3-26-24(28-15-19(2)16-30-17-21-7-5-4-6-8-21)27-14-13-20-9-11-22(12-10-20)31-18-23(25)29;/h4-12,19H,3,13-18H2,1-2H3,(H2,25,29)(H2,26,27,28);1H. The zero-order valence-electron chi connectivity index (χ0n) is 18.9. The van der Waals surface area contributed by atoms with Gasteiger partial charge < -0.3 is 25.8 Å². The average molecular weight is 554 g/mol. The number of guanidine groups is 1. The highest BCUT2D eigenvalue weighted by Crippen LogP contribution is 2.12. The summed E-state index contributed by atoms with van der Waals surface area (Å²) in [6.07, 6.45) is 0.844. The van der Waals surface area contributed by atoms with Crippen LogP contribution in [0.15, 0.2) is 59.6 Å². The van der Waals surface area contributed by atoms with Crippen molar-refractivity contribution in [1.82, 2.24) is 10.6 Å². The molecule has 1 atom stereocenters. The lowest BCUT2D eigenvalue weighted by Gasteiger charge is -2.14. The van der Waals surface area contributed by atoms with Gasteiger partial charge in [-0.15, -0.1) is 24.0 Å². The molecule has 0 saturated heterocycles. The van der Waals surface area contributed by atoms with Gasteiger partial charge in [-0.05, 0) is 42.5 Å². The second-order valence-electron chi connectivity index (χ2n) is 7.40. The maximum atomic E-state index is 10.8. The number of nitrogens with zero attached hydrogens (tertiary/aromatic N) is 1. The molecular formula is C24H35IN4O3. The number of aliphatic imine (C=N–C) groups is 1. The summed E-state index contributed by atoms with van der Waals surface area (Å²) in [4.78, 5) is 15.4. The summed E-state index contributed by atoms with van der Waals surface area (Å²) < 4.78 is 11.1. The minimum Gasteiger partial charge on any atom is -0.484 e. The number of benzene rings is 2. The molecular weight excluding hydrogens is 519 g/mol. The summed E-state index contributed by atoms with van der Waals surface area (Å²) in [5.41, 5.74) is 7.43. The number of ether oxygens (including phenoxy) is 2. The lowest BCUT2D eigenvalue weighted by atomic mass is 10.1. The molecule has 8 heteroatoms. The number of amides is 1. The molecule has 1 unspecified atom stereocenters. The summed E-state index contributed by atoms with van der Waals surface area (Å²) in [6, 6.07) is 17.8. The van der Waals surface area contributed by atoms with Gasteiger partial charge in [-0.3, -0.25) is 9.79 Å². The van der Waals surface area contributed by atoms with Gasteiger partial charge in [0.05, 0.1) is 13.2 Å². The van der Waals surface area contributed by atoms with Crippen molar-refractivity contribution in [2.75, 3.05) is 32.8 Å². The van der Waals surface area contributed by atoms with Crippen molar-refractivity contribution in [3.63, 3.8) is 0 Å². The number of hydrogen-bond acceptors (Lipinski definition) is 4. The third kappa shape index (κ3) is 11.9. The number of nitrogens with two attached hydrogens (primary N) is 1. The molecule has 0 radical (unpaired) electrons. The number of rotatable bonds is 13. The van der Waals surface area contributed by atoms with Gasteiger partial charge in [-0.2, -0.15) is 0 Å². The largest absolute Gasteiger partial charge is 0.484 e. The fraction of sp³-hybridized carbons (Fsp3) is 0.417. The van der Waals surface area contributed by atoms with E-state index in [2.05, 4.69) is 41.6 Å². The fourth-order valence-corrected chi connectivity index (χ4v) is 2.83. The monoisotopic (exact) mass is 554 g/mol. The molecule has 4 N–H and O–H groups in total. The van der Waals surface area contributed by atoms with E-state index < -0.39 is 5.91 Å². The molecule has 1 amide bonds. The highest BCUT2D eigenvalue weighted by Gasteiger charge is 2.04. The van der Waals surface area contributed by atoms with Gasteiger partial charge in [0, 0.05) is 19.6 Å². The van der Waals surface area contributed by atoms with Crippen LogP contribution in [0.5, 0.6) is 5.75 Å². The zero-order valence-corrected chi connectivity index (χ0v) is 21.2. The van der Waals surface area contributed by atoms with Crippen molar-refractivity contribution in [2.24, 2.45) is 16.6 Å². The van der Waals surface area contributed by atoms with E-state index in [1.807, 2.05) is 42.5 Å². The molecule has 2 aromatic rings. The summed E-state index contributed by atoms with van der Waals surface area (Å²) in [5.74, 6) is 1.28. The van der Waals surface area contributed by atoms with Gasteiger partial charge >= 0.3 is 0 Å². The molecule has 0 fully saturated rings. The molecule has 0 bridgehead atoms. The number of hydrogen-bond donors (Lipinski definition) is 3. The van der Waals surface area contributed by atoms with Crippen molar-refractivity contribution >= 4 is 35.8 Å². The minimum absolute atomic E-state index is 0. The quantitative estimate of drug-likeness (QED) is 0.201. The smallest absolute Gasteiger partial charge is 0.255 e. The molecule has 0 spiro atoms. The summed E-state index contributed by atoms with van der Waals surface area (Å²) in [6.45, 7) is 7.62. The molecule has 0 saturated carbocycles. The van der Waals surface area contributed by atoms with Gasteiger partial charge in [-0.1, -0.05) is 49.4 Å². The van der Waals surface area contributed by atoms with E-state index in [1.54, 1.807) is 0 Å². The molecule has 176 valence electrons. The molecule has 0 aliphatic carbocycles. The van der Waals surface area contributed by atoms with Crippen LogP contribution in [0.2, 0.25) is 0 Å². The Bertz CT molecular complexity index is 801. The van der Waals surface area contributed by atoms with Crippen LogP contribution in [0.25, 0.3) is 0 Å². The van der Waals surface area contributed by atoms with E-state index >= 15 is 0 Å². The van der Waals surface area contributed by atoms with Gasteiger partial charge in [0.25, 0.3) is 5.91 Å². The van der Waals surface area contributed by atoms with E-state index in [1.165, 1.54) is 5.56 Å². The average Bonchev–Trinajstić information content (AvgIpc) is 2.77. The molecule has 32 heavy (non-hydrogen) atoms. The normalized spacial score (nSPS) is 11.9. The highest BCUT2D eigenvalue weighted by molar-refractivity contribution is 14.0. The summed E-state index contributed by atoms with van der Waals surface area (Å²) in [7, 11) is 0. The predicted octanol–water partition coefficient (Wildman–Crippen LogP) is 3.12. The first kappa shape index (κ1) is 27.7. The Morgan fingerprint density at radius 1 is 1.06 bits per heavy atom. The Balaban J connectivity index is 0.00000512. The maximum absolute atomic E-state index is 10.8. The Morgan fingerprint density at radius 3 is 2.44 bits per heavy atom. The van der Waals surface area contributed by atoms with Crippen LogP contribution in [0.3, 0.4) is 0 Å². The minimum atomic E-state index is -0.486. The fourth-order valence-electron chi connectivity index (χ4n) is 2.83. The number of halogens is 1. The molecule has 0 aliphatic heterocycles. The number of nitrogens with one attached hydrogen (secondary N) is 2. The molecule has 0 aliphatic rings. The van der Waals surface area contributed by atoms with Crippen LogP contribution in [0, 0.1) is 5.92 Å². The van der Waals surface area contributed by atoms with Gasteiger partial charge in [0.15, 0.2) is 12.6 Å². The first-order valence-electron chi connectivity index (χ1n) is 10.7. The number of primary amides is 1. The van der Waals surface area contributed by atoms with Crippen LogP contribution in [0.4, 0.5) is 0 Å². The van der Waals surface area contributed by atoms with E-state index in [9.17, 15) is 4.79 Å². The molecule has 2 aromatic carbocycles. The SMILES string of the molecule is CCNC(=NCC(C)COCc1ccccc1)NCCc1ccc(OCC(N)=O)cc1.I. The summed E-state index contributed by atoms with van der Waals surface area (Å²) in [5, 5.41) is 6.64. The van der Waals surface area contributed by atoms with Crippen LogP contribution < -0.4 is 21.1 Å². The van der Waals surface area contributed by atoms with Crippen LogP contribution in [-0.2, 0) is 22.6 Å². The van der Waals surface area contributed by atoms with Crippen molar-refractivity contribution in [3.8, 4) is 5.75 Å². The number of carbonyl (C=O) groups is 1. The Kier molecular flexibility index (Phi) is 14.1. The van der Waals surface area contributed by atoms with Crippen molar-refractivity contribution in [1.29, 1.82) is 0 Å². The Labute approximate surface area is 208 Å². The second kappa shape index (κ2) is 16.3. The topological polar surface area (TPSA) is 98.0 Å². The highest BCUT2D eigenvalue weighted by atomic mass is 127. The summed E-state index contributed by atoms with van der Waals surface area (Å²) >= 11 is 0. The first-order valence-corrected chi connectivity index (χ1v) is 10.7. The molecule has 0 heterocycles. The van der Waals surface area contributed by atoms with Crippen LogP contribution in [-0.4, -0.2) is 44.7 Å². The zero-order chi connectivity index (χ0) is 22.3. The Hall–Kier alpha value is -2.33. The maximum Gasteiger partial charge on any atom is 0.255 e. The molecule has 7 nitrogen and oxygen atoms in total. The third-order valence-electron chi connectivity index (χ3n) is 4.43. The van der Waals surface area contributed by atoms with Crippen molar-refractivity contribution in [2.45, 2.75) is 26.9 Å². The third-order valence-corrected chi connectivity index (χ3v) is 4.43. The van der Waals surface area contributed by atoms with Gasteiger partial charge in [-0.25, -0.2) is 0 Å². The van der Waals surface area contributed by atoms with Crippen LogP contribution >= 0.6 is 24.0 Å². The predicted molar refractivity (Wildman–Crippen MR) is 139 cm³/mol.